The zero-order valence-electron chi connectivity index (χ0n) is 25.8. The van der Waals surface area contributed by atoms with E-state index in [9.17, 15) is 24.0 Å². The molecule has 0 bridgehead atoms. The van der Waals surface area contributed by atoms with Gasteiger partial charge in [0.1, 0.15) is 24.2 Å². The van der Waals surface area contributed by atoms with Crippen molar-refractivity contribution in [3.05, 3.63) is 35.9 Å². The Morgan fingerprint density at radius 1 is 0.698 bits per heavy atom. The number of guanidine groups is 1. The monoisotopic (exact) mass is 603 g/mol. The fourth-order valence-electron chi connectivity index (χ4n) is 4.21. The number of nitrogens with zero attached hydrogens (tertiary/aromatic N) is 1. The fraction of sp³-hybridized carbons (Fsp3) is 0.586. The first-order valence-electron chi connectivity index (χ1n) is 14.5. The Labute approximate surface area is 253 Å². The largest absolute Gasteiger partial charge is 0.370 e. The summed E-state index contributed by atoms with van der Waals surface area (Å²) in [7, 11) is 0. The number of hydrogen-bond donors (Lipinski definition) is 8. The molecule has 1 rings (SSSR count). The molecule has 14 heteroatoms. The zero-order chi connectivity index (χ0) is 32.7. The maximum absolute atomic E-state index is 13.6. The van der Waals surface area contributed by atoms with Gasteiger partial charge in [-0.05, 0) is 50.0 Å². The zero-order valence-corrected chi connectivity index (χ0v) is 25.8. The van der Waals surface area contributed by atoms with Crippen LogP contribution in [-0.2, 0) is 24.0 Å². The minimum Gasteiger partial charge on any atom is -0.370 e. The average molecular weight is 604 g/mol. The van der Waals surface area contributed by atoms with E-state index in [4.69, 9.17) is 22.9 Å². The Morgan fingerprint density at radius 3 is 1.63 bits per heavy atom. The molecule has 0 radical (unpaired) electrons. The molecule has 0 spiro atoms. The Bertz CT molecular complexity index is 1100. The number of carbonyl (C=O) groups excluding carboxylic acids is 5. The Morgan fingerprint density at radius 2 is 1.19 bits per heavy atom. The second kappa shape index (κ2) is 18.4. The van der Waals surface area contributed by atoms with E-state index in [0.717, 1.165) is 0 Å². The summed E-state index contributed by atoms with van der Waals surface area (Å²) >= 11 is 0. The third-order valence-electron chi connectivity index (χ3n) is 6.38. The SMILES string of the molecule is CC(C)C[C@H](NC(=O)[C@H](CC(C)C)NC(=O)[C@@H](NC(=O)[C@H](C)N)c1ccccc1)C(=O)N[C@@H](CCCN=C(N)N)C(N)=O. The molecule has 0 saturated heterocycles. The van der Waals surface area contributed by atoms with Crippen molar-refractivity contribution in [3.8, 4) is 0 Å². The van der Waals surface area contributed by atoms with Crippen LogP contribution >= 0.6 is 0 Å². The van der Waals surface area contributed by atoms with Gasteiger partial charge < -0.3 is 44.2 Å². The van der Waals surface area contributed by atoms with Crippen molar-refractivity contribution in [3.63, 3.8) is 0 Å². The highest BCUT2D eigenvalue weighted by molar-refractivity contribution is 5.96. The minimum absolute atomic E-state index is 0.000916. The van der Waals surface area contributed by atoms with Crippen molar-refractivity contribution in [2.75, 3.05) is 6.54 Å². The molecule has 14 nitrogen and oxygen atoms in total. The summed E-state index contributed by atoms with van der Waals surface area (Å²) in [6.07, 6.45) is 1.10. The molecule has 0 unspecified atom stereocenters. The molecule has 5 atom stereocenters. The molecule has 5 amide bonds. The van der Waals surface area contributed by atoms with Gasteiger partial charge in [-0.2, -0.15) is 0 Å². The first kappa shape index (κ1) is 36.8. The molecule has 43 heavy (non-hydrogen) atoms. The van der Waals surface area contributed by atoms with Crippen molar-refractivity contribution in [2.24, 2.45) is 39.8 Å². The first-order valence-corrected chi connectivity index (χ1v) is 14.5. The van der Waals surface area contributed by atoms with Crippen LogP contribution in [0.25, 0.3) is 0 Å². The van der Waals surface area contributed by atoms with Crippen LogP contribution in [0.5, 0.6) is 0 Å². The van der Waals surface area contributed by atoms with Crippen LogP contribution in [0.15, 0.2) is 35.3 Å². The summed E-state index contributed by atoms with van der Waals surface area (Å²) in [6.45, 7) is 9.28. The molecule has 0 fully saturated rings. The molecular formula is C29H49N9O5. The molecule has 0 aromatic heterocycles. The van der Waals surface area contributed by atoms with Gasteiger partial charge in [0.25, 0.3) is 0 Å². The van der Waals surface area contributed by atoms with Crippen LogP contribution in [0.4, 0.5) is 0 Å². The lowest BCUT2D eigenvalue weighted by molar-refractivity contribution is -0.135. The van der Waals surface area contributed by atoms with Gasteiger partial charge in [0.15, 0.2) is 5.96 Å². The molecule has 240 valence electrons. The summed E-state index contributed by atoms with van der Waals surface area (Å²) in [4.78, 5) is 68.6. The number of rotatable bonds is 18. The topological polar surface area (TPSA) is 250 Å². The molecule has 0 saturated carbocycles. The van der Waals surface area contributed by atoms with E-state index in [2.05, 4.69) is 26.3 Å². The second-order valence-electron chi connectivity index (χ2n) is 11.4. The lowest BCUT2D eigenvalue weighted by Crippen LogP contribution is -2.57. The predicted octanol–water partition coefficient (Wildman–Crippen LogP) is -0.723. The van der Waals surface area contributed by atoms with Crippen LogP contribution in [0.3, 0.4) is 0 Å². The molecule has 0 aliphatic heterocycles. The van der Waals surface area contributed by atoms with Crippen molar-refractivity contribution in [1.29, 1.82) is 0 Å². The molecule has 1 aromatic carbocycles. The van der Waals surface area contributed by atoms with Crippen LogP contribution in [0.1, 0.15) is 71.9 Å². The van der Waals surface area contributed by atoms with Gasteiger partial charge in [-0.15, -0.1) is 0 Å². The number of nitrogens with two attached hydrogens (primary N) is 4. The molecular weight excluding hydrogens is 554 g/mol. The van der Waals surface area contributed by atoms with E-state index >= 15 is 0 Å². The highest BCUT2D eigenvalue weighted by atomic mass is 16.2. The number of nitrogens with one attached hydrogen (secondary N) is 4. The number of hydrogen-bond acceptors (Lipinski definition) is 7. The number of carbonyl (C=O) groups is 5. The normalized spacial score (nSPS) is 14.5. The molecule has 0 aliphatic carbocycles. The summed E-state index contributed by atoms with van der Waals surface area (Å²) in [5, 5.41) is 10.7. The van der Waals surface area contributed by atoms with Gasteiger partial charge in [0.05, 0.1) is 6.04 Å². The number of aliphatic imine (C=N–C) groups is 1. The summed E-state index contributed by atoms with van der Waals surface area (Å²) in [5.41, 5.74) is 22.4. The van der Waals surface area contributed by atoms with Gasteiger partial charge >= 0.3 is 0 Å². The van der Waals surface area contributed by atoms with Crippen LogP contribution in [-0.4, -0.2) is 66.2 Å². The van der Waals surface area contributed by atoms with Crippen LogP contribution in [0, 0.1) is 11.8 Å². The van der Waals surface area contributed by atoms with E-state index in [1.165, 1.54) is 6.92 Å². The third-order valence-corrected chi connectivity index (χ3v) is 6.38. The summed E-state index contributed by atoms with van der Waals surface area (Å²) < 4.78 is 0. The van der Waals surface area contributed by atoms with E-state index in [1.807, 2.05) is 27.7 Å². The van der Waals surface area contributed by atoms with Crippen molar-refractivity contribution < 1.29 is 24.0 Å². The molecule has 0 heterocycles. The van der Waals surface area contributed by atoms with Gasteiger partial charge in [0.2, 0.25) is 29.5 Å². The standard InChI is InChI=1S/C29H49N9O5/c1-16(2)14-21(26(41)35-20(24(31)39)12-9-13-34-29(32)33)36-27(42)22(15-17(3)4)37-28(43)23(38-25(40)18(5)30)19-10-7-6-8-11-19/h6-8,10-11,16-18,20-23H,9,12-15,30H2,1-5H3,(H2,31,39)(H,35,41)(H,36,42)(H,37,43)(H,38,40)(H4,32,33,34)/t18-,20-,21-,22-,23-/m0/s1. The highest BCUT2D eigenvalue weighted by Crippen LogP contribution is 2.15. The molecule has 12 N–H and O–H groups in total. The van der Waals surface area contributed by atoms with Gasteiger partial charge in [-0.3, -0.25) is 29.0 Å². The second-order valence-corrected chi connectivity index (χ2v) is 11.4. The van der Waals surface area contributed by atoms with E-state index in [1.54, 1.807) is 30.3 Å². The first-order chi connectivity index (χ1) is 20.1. The number of primary amides is 1. The number of amides is 5. The Hall–Kier alpha value is -4.20. The third kappa shape index (κ3) is 14.0. The Kier molecular flexibility index (Phi) is 15.7. The van der Waals surface area contributed by atoms with Crippen LogP contribution < -0.4 is 44.2 Å². The van der Waals surface area contributed by atoms with Gasteiger partial charge in [0, 0.05) is 6.54 Å². The lowest BCUT2D eigenvalue weighted by atomic mass is 9.98. The predicted molar refractivity (Wildman–Crippen MR) is 165 cm³/mol. The lowest BCUT2D eigenvalue weighted by Gasteiger charge is -2.28. The number of benzene rings is 1. The summed E-state index contributed by atoms with van der Waals surface area (Å²) in [6, 6.07) is 3.57. The quantitative estimate of drug-likeness (QED) is 0.0602. The molecule has 0 aliphatic rings. The smallest absolute Gasteiger partial charge is 0.247 e. The maximum Gasteiger partial charge on any atom is 0.247 e. The van der Waals surface area contributed by atoms with Gasteiger partial charge in [-0.25, -0.2) is 0 Å². The Balaban J connectivity index is 3.15. The minimum atomic E-state index is -1.10. The van der Waals surface area contributed by atoms with E-state index in [-0.39, 0.29) is 43.6 Å². The van der Waals surface area contributed by atoms with Gasteiger partial charge in [-0.1, -0.05) is 58.0 Å². The summed E-state index contributed by atoms with van der Waals surface area (Å²) in [5.74, 6) is -3.16. The fourth-order valence-corrected chi connectivity index (χ4v) is 4.21. The van der Waals surface area contributed by atoms with Crippen molar-refractivity contribution >= 4 is 35.5 Å². The van der Waals surface area contributed by atoms with E-state index < -0.39 is 59.7 Å². The average Bonchev–Trinajstić information content (AvgIpc) is 2.91. The van der Waals surface area contributed by atoms with Crippen molar-refractivity contribution in [1.82, 2.24) is 21.3 Å². The van der Waals surface area contributed by atoms with Crippen molar-refractivity contribution in [2.45, 2.75) is 90.5 Å². The van der Waals surface area contributed by atoms with E-state index in [0.29, 0.717) is 12.0 Å². The maximum atomic E-state index is 13.6. The van der Waals surface area contributed by atoms with Crippen LogP contribution in [0.2, 0.25) is 0 Å². The highest BCUT2D eigenvalue weighted by Gasteiger charge is 2.32. The molecule has 1 aromatic rings.